The number of nitriles is 1. The van der Waals surface area contributed by atoms with E-state index in [2.05, 4.69) is 6.58 Å². The third kappa shape index (κ3) is 1.82. The van der Waals surface area contributed by atoms with Crippen molar-refractivity contribution in [3.8, 4) is 6.19 Å². The quantitative estimate of drug-likeness (QED) is 0.211. The molecule has 0 aromatic carbocycles. The molecule has 8 heavy (non-hydrogen) atoms. The number of amides is 1. The zero-order valence-corrected chi connectivity index (χ0v) is 4.01. The van der Waals surface area contributed by atoms with Crippen molar-refractivity contribution in [2.45, 2.75) is 0 Å². The van der Waals surface area contributed by atoms with Gasteiger partial charge in [0.1, 0.15) is 0 Å². The van der Waals surface area contributed by atoms with Crippen LogP contribution in [0.25, 0.3) is 0 Å². The SMILES string of the molecule is C=C(O)C(=O)NC#N. The van der Waals surface area contributed by atoms with Gasteiger partial charge in [0.05, 0.1) is 0 Å². The van der Waals surface area contributed by atoms with Crippen LogP contribution in [-0.2, 0) is 4.79 Å². The zero-order valence-electron chi connectivity index (χ0n) is 4.01. The Morgan fingerprint density at radius 3 is 2.50 bits per heavy atom. The van der Waals surface area contributed by atoms with Gasteiger partial charge in [-0.25, -0.2) is 0 Å². The highest BCUT2D eigenvalue weighted by Crippen LogP contribution is 1.77. The van der Waals surface area contributed by atoms with Crippen molar-refractivity contribution < 1.29 is 9.90 Å². The second-order valence-corrected chi connectivity index (χ2v) is 1.01. The molecule has 0 atom stereocenters. The summed E-state index contributed by atoms with van der Waals surface area (Å²) < 4.78 is 0. The van der Waals surface area contributed by atoms with E-state index in [1.54, 1.807) is 5.32 Å². The molecule has 0 rings (SSSR count). The van der Waals surface area contributed by atoms with E-state index < -0.39 is 11.7 Å². The van der Waals surface area contributed by atoms with Crippen molar-refractivity contribution >= 4 is 5.91 Å². The first kappa shape index (κ1) is 6.50. The third-order valence-electron chi connectivity index (χ3n) is 0.432. The summed E-state index contributed by atoms with van der Waals surface area (Å²) >= 11 is 0. The van der Waals surface area contributed by atoms with Crippen LogP contribution in [0, 0.1) is 11.5 Å². The van der Waals surface area contributed by atoms with Gasteiger partial charge in [0.15, 0.2) is 12.0 Å². The number of carbonyl (C=O) groups excluding carboxylic acids is 1. The third-order valence-corrected chi connectivity index (χ3v) is 0.432. The molecule has 0 aromatic heterocycles. The van der Waals surface area contributed by atoms with Gasteiger partial charge in [-0.15, -0.1) is 0 Å². The molecule has 0 aliphatic carbocycles. The van der Waals surface area contributed by atoms with Crippen molar-refractivity contribution in [3.63, 3.8) is 0 Å². The fourth-order valence-electron chi connectivity index (χ4n) is 0.123. The minimum Gasteiger partial charge on any atom is -0.503 e. The number of rotatable bonds is 1. The Bertz CT molecular complexity index is 156. The van der Waals surface area contributed by atoms with Crippen LogP contribution < -0.4 is 5.32 Å². The first-order valence-electron chi connectivity index (χ1n) is 1.75. The molecule has 0 heterocycles. The van der Waals surface area contributed by atoms with Gasteiger partial charge >= 0.3 is 0 Å². The standard InChI is InChI=1S/C4H4N2O2/c1-3(7)4(8)6-2-5/h7H,1H2,(H,6,8). The molecule has 0 fully saturated rings. The average Bonchev–Trinajstić information content (AvgIpc) is 1.67. The van der Waals surface area contributed by atoms with E-state index in [1.807, 2.05) is 0 Å². The van der Waals surface area contributed by atoms with Crippen molar-refractivity contribution in [2.75, 3.05) is 0 Å². The lowest BCUT2D eigenvalue weighted by molar-refractivity contribution is -0.118. The van der Waals surface area contributed by atoms with E-state index in [4.69, 9.17) is 10.4 Å². The van der Waals surface area contributed by atoms with Crippen molar-refractivity contribution in [3.05, 3.63) is 12.3 Å². The Morgan fingerprint density at radius 2 is 2.38 bits per heavy atom. The molecule has 4 nitrogen and oxygen atoms in total. The van der Waals surface area contributed by atoms with Gasteiger partial charge in [-0.3, -0.25) is 10.1 Å². The summed E-state index contributed by atoms with van der Waals surface area (Å²) in [6.07, 6.45) is 1.33. The van der Waals surface area contributed by atoms with Gasteiger partial charge in [0.2, 0.25) is 0 Å². The fourth-order valence-corrected chi connectivity index (χ4v) is 0.123. The predicted molar refractivity (Wildman–Crippen MR) is 25.5 cm³/mol. The molecule has 0 spiro atoms. The van der Waals surface area contributed by atoms with Crippen LogP contribution >= 0.6 is 0 Å². The summed E-state index contributed by atoms with van der Waals surface area (Å²) in [5.74, 6) is -1.53. The normalized spacial score (nSPS) is 6.88. The van der Waals surface area contributed by atoms with Crippen LogP contribution in [0.2, 0.25) is 0 Å². The van der Waals surface area contributed by atoms with Crippen LogP contribution in [-0.4, -0.2) is 11.0 Å². The first-order chi connectivity index (χ1) is 3.68. The van der Waals surface area contributed by atoms with Gasteiger partial charge in [-0.05, 0) is 0 Å². The summed E-state index contributed by atoms with van der Waals surface area (Å²) in [7, 11) is 0. The van der Waals surface area contributed by atoms with E-state index in [0.717, 1.165) is 0 Å². The number of hydrogen-bond donors (Lipinski definition) is 2. The van der Waals surface area contributed by atoms with Gasteiger partial charge in [0, 0.05) is 0 Å². The summed E-state index contributed by atoms with van der Waals surface area (Å²) in [5.41, 5.74) is 0. The average molecular weight is 112 g/mol. The largest absolute Gasteiger partial charge is 0.503 e. The second kappa shape index (κ2) is 2.64. The molecule has 0 saturated heterocycles. The number of nitrogens with one attached hydrogen (secondary N) is 1. The predicted octanol–water partition coefficient (Wildman–Crippen LogP) is -0.345. The van der Waals surface area contributed by atoms with Crippen LogP contribution in [0.5, 0.6) is 0 Å². The van der Waals surface area contributed by atoms with E-state index in [-0.39, 0.29) is 0 Å². The molecular weight excluding hydrogens is 108 g/mol. The maximum atomic E-state index is 10.1. The molecule has 0 aromatic rings. The van der Waals surface area contributed by atoms with Crippen molar-refractivity contribution in [1.29, 1.82) is 5.26 Å². The summed E-state index contributed by atoms with van der Waals surface area (Å²) in [6.45, 7) is 2.87. The molecule has 42 valence electrons. The van der Waals surface area contributed by atoms with Crippen LogP contribution in [0.4, 0.5) is 0 Å². The molecule has 1 amide bonds. The first-order valence-corrected chi connectivity index (χ1v) is 1.75. The molecule has 0 aliphatic heterocycles. The molecule has 0 saturated carbocycles. The molecule has 4 heteroatoms. The number of aliphatic hydroxyl groups is 1. The highest BCUT2D eigenvalue weighted by molar-refractivity contribution is 5.91. The van der Waals surface area contributed by atoms with Gasteiger partial charge in [0.25, 0.3) is 5.91 Å². The van der Waals surface area contributed by atoms with Crippen molar-refractivity contribution in [2.24, 2.45) is 0 Å². The molecule has 0 aliphatic rings. The highest BCUT2D eigenvalue weighted by atomic mass is 16.3. The molecule has 0 radical (unpaired) electrons. The number of nitrogens with zero attached hydrogens (tertiary/aromatic N) is 1. The molecular formula is C4H4N2O2. The zero-order chi connectivity index (χ0) is 6.57. The lowest BCUT2D eigenvalue weighted by Crippen LogP contribution is -2.18. The second-order valence-electron chi connectivity index (χ2n) is 1.01. The van der Waals surface area contributed by atoms with Crippen LogP contribution in [0.3, 0.4) is 0 Å². The topological polar surface area (TPSA) is 73.1 Å². The summed E-state index contributed by atoms with van der Waals surface area (Å²) in [4.78, 5) is 10.1. The van der Waals surface area contributed by atoms with E-state index in [9.17, 15) is 4.79 Å². The number of carbonyl (C=O) groups is 1. The Morgan fingerprint density at radius 1 is 1.88 bits per heavy atom. The Labute approximate surface area is 46.0 Å². The highest BCUT2D eigenvalue weighted by Gasteiger charge is 1.99. The van der Waals surface area contributed by atoms with E-state index in [0.29, 0.717) is 0 Å². The Kier molecular flexibility index (Phi) is 2.14. The van der Waals surface area contributed by atoms with Crippen LogP contribution in [0.1, 0.15) is 0 Å². The van der Waals surface area contributed by atoms with E-state index >= 15 is 0 Å². The van der Waals surface area contributed by atoms with Crippen LogP contribution in [0.15, 0.2) is 12.3 Å². The lowest BCUT2D eigenvalue weighted by Gasteiger charge is -1.88. The number of hydrogen-bond acceptors (Lipinski definition) is 3. The molecule has 2 N–H and O–H groups in total. The smallest absolute Gasteiger partial charge is 0.298 e. The summed E-state index contributed by atoms with van der Waals surface area (Å²) in [5, 5.41) is 17.6. The monoisotopic (exact) mass is 112 g/mol. The molecule has 0 unspecified atom stereocenters. The molecule has 0 bridgehead atoms. The fraction of sp³-hybridized carbons (Fsp3) is 0. The maximum Gasteiger partial charge on any atom is 0.298 e. The van der Waals surface area contributed by atoms with E-state index in [1.165, 1.54) is 6.19 Å². The maximum absolute atomic E-state index is 10.1. The van der Waals surface area contributed by atoms with Gasteiger partial charge < -0.3 is 5.11 Å². The Hall–Kier alpha value is -1.50. The minimum absolute atomic E-state index is 0.661. The minimum atomic E-state index is -0.868. The van der Waals surface area contributed by atoms with Gasteiger partial charge in [-0.2, -0.15) is 5.26 Å². The Balaban J connectivity index is 3.71. The summed E-state index contributed by atoms with van der Waals surface area (Å²) in [6, 6.07) is 0. The van der Waals surface area contributed by atoms with Crippen molar-refractivity contribution in [1.82, 2.24) is 5.32 Å². The van der Waals surface area contributed by atoms with Gasteiger partial charge in [-0.1, -0.05) is 6.58 Å². The lowest BCUT2D eigenvalue weighted by atomic mass is 10.5. The number of aliphatic hydroxyl groups excluding tert-OH is 1.